The summed E-state index contributed by atoms with van der Waals surface area (Å²) in [6.07, 6.45) is -2.46. The summed E-state index contributed by atoms with van der Waals surface area (Å²) in [6, 6.07) is 5.30. The van der Waals surface area contributed by atoms with Crippen LogP contribution < -0.4 is 15.4 Å². The maximum atomic E-state index is 12.3. The van der Waals surface area contributed by atoms with Crippen LogP contribution in [0.3, 0.4) is 0 Å². The van der Waals surface area contributed by atoms with Gasteiger partial charge >= 0.3 is 6.18 Å². The number of ether oxygens (including phenoxy) is 1. The summed E-state index contributed by atoms with van der Waals surface area (Å²) in [7, 11) is 0. The van der Waals surface area contributed by atoms with Crippen LogP contribution >= 0.6 is 0 Å². The molecule has 166 valence electrons. The molecule has 1 saturated carbocycles. The number of nitrogens with zero attached hydrogens (tertiary/aromatic N) is 4. The first-order valence-electron chi connectivity index (χ1n) is 9.69. The molecule has 2 aromatic heterocycles. The quantitative estimate of drug-likeness (QED) is 0.578. The highest BCUT2D eigenvalue weighted by atomic mass is 19.4. The Morgan fingerprint density at radius 3 is 2.77 bits per heavy atom. The lowest BCUT2D eigenvalue weighted by Gasteiger charge is -2.49. The molecule has 1 aliphatic carbocycles. The number of nitriles is 1. The van der Waals surface area contributed by atoms with Gasteiger partial charge in [-0.05, 0) is 12.5 Å². The molecular formula is C20H23F3N6O2. The summed E-state index contributed by atoms with van der Waals surface area (Å²) >= 11 is 0. The third-order valence-corrected chi connectivity index (χ3v) is 5.35. The molecule has 8 nitrogen and oxygen atoms in total. The van der Waals surface area contributed by atoms with Gasteiger partial charge in [-0.2, -0.15) is 23.4 Å². The lowest BCUT2D eigenvalue weighted by Crippen LogP contribution is -2.57. The van der Waals surface area contributed by atoms with Crippen LogP contribution in [0.2, 0.25) is 0 Å². The molecule has 2 aromatic rings. The van der Waals surface area contributed by atoms with E-state index < -0.39 is 25.3 Å². The Morgan fingerprint density at radius 1 is 1.35 bits per heavy atom. The molecule has 0 radical (unpaired) electrons. The number of aliphatic hydroxyl groups excluding tert-OH is 1. The molecule has 3 rings (SSSR count). The van der Waals surface area contributed by atoms with E-state index in [-0.39, 0.29) is 35.4 Å². The molecule has 1 aliphatic rings. The zero-order valence-corrected chi connectivity index (χ0v) is 17.1. The van der Waals surface area contributed by atoms with Crippen molar-refractivity contribution in [1.29, 1.82) is 5.26 Å². The Balaban J connectivity index is 1.67. The third-order valence-electron chi connectivity index (χ3n) is 5.35. The van der Waals surface area contributed by atoms with Gasteiger partial charge in [-0.3, -0.25) is 0 Å². The predicted octanol–water partition coefficient (Wildman–Crippen LogP) is 3.26. The molecule has 0 spiro atoms. The fourth-order valence-electron chi connectivity index (χ4n) is 3.10. The minimum atomic E-state index is -4.31. The number of nitrogens with one attached hydrogen (secondary N) is 2. The standard InChI is InChI=1S/C20H23F3N6O2/c1-19(2)14(8-15(19)30)28-16-13(9-24)11-27-18(29-16)26-10-12-4-3-6-25-17(12)31-7-5-20(21,22)23/h3-4,6,11,14-15,30H,5,7-8,10H2,1-2H3,(H2,26,27,28,29)/t14-,15+/m0/s1. The molecule has 2 heterocycles. The van der Waals surface area contributed by atoms with Gasteiger partial charge in [-0.1, -0.05) is 19.9 Å². The third kappa shape index (κ3) is 5.52. The van der Waals surface area contributed by atoms with Gasteiger partial charge in [0.15, 0.2) is 0 Å². The number of pyridine rings is 1. The van der Waals surface area contributed by atoms with Crippen LogP contribution in [0.4, 0.5) is 24.9 Å². The van der Waals surface area contributed by atoms with E-state index in [2.05, 4.69) is 25.6 Å². The van der Waals surface area contributed by atoms with Gasteiger partial charge in [0.1, 0.15) is 17.5 Å². The topological polar surface area (TPSA) is 116 Å². The number of halogens is 3. The summed E-state index contributed by atoms with van der Waals surface area (Å²) in [5.41, 5.74) is 0.444. The lowest BCUT2D eigenvalue weighted by atomic mass is 9.64. The molecule has 3 N–H and O–H groups in total. The highest BCUT2D eigenvalue weighted by molar-refractivity contribution is 5.54. The van der Waals surface area contributed by atoms with Crippen molar-refractivity contribution in [2.24, 2.45) is 5.41 Å². The molecule has 0 saturated heterocycles. The second kappa shape index (κ2) is 8.93. The Morgan fingerprint density at radius 2 is 2.13 bits per heavy atom. The van der Waals surface area contributed by atoms with Crippen molar-refractivity contribution in [1.82, 2.24) is 15.0 Å². The number of aromatic nitrogens is 3. The Bertz CT molecular complexity index is 961. The number of anilines is 2. The van der Waals surface area contributed by atoms with Crippen LogP contribution in [0, 0.1) is 16.7 Å². The van der Waals surface area contributed by atoms with Gasteiger partial charge < -0.3 is 20.5 Å². The Kier molecular flexibility index (Phi) is 6.50. The van der Waals surface area contributed by atoms with Gasteiger partial charge in [0.25, 0.3) is 0 Å². The van der Waals surface area contributed by atoms with E-state index in [4.69, 9.17) is 4.74 Å². The molecule has 1 fully saturated rings. The van der Waals surface area contributed by atoms with Crippen molar-refractivity contribution in [3.63, 3.8) is 0 Å². The molecule has 2 atom stereocenters. The maximum absolute atomic E-state index is 12.3. The van der Waals surface area contributed by atoms with E-state index in [1.807, 2.05) is 19.9 Å². The summed E-state index contributed by atoms with van der Waals surface area (Å²) in [4.78, 5) is 12.4. The van der Waals surface area contributed by atoms with Crippen LogP contribution in [-0.4, -0.2) is 45.0 Å². The van der Waals surface area contributed by atoms with Crippen molar-refractivity contribution in [2.75, 3.05) is 17.2 Å². The van der Waals surface area contributed by atoms with E-state index in [1.54, 1.807) is 12.1 Å². The van der Waals surface area contributed by atoms with Crippen molar-refractivity contribution in [3.8, 4) is 11.9 Å². The maximum Gasteiger partial charge on any atom is 0.392 e. The first-order chi connectivity index (χ1) is 14.6. The monoisotopic (exact) mass is 436 g/mol. The largest absolute Gasteiger partial charge is 0.477 e. The average Bonchev–Trinajstić information content (AvgIpc) is 2.72. The number of rotatable bonds is 8. The fourth-order valence-corrected chi connectivity index (χ4v) is 3.10. The van der Waals surface area contributed by atoms with Crippen LogP contribution in [0.1, 0.15) is 37.8 Å². The number of hydrogen-bond acceptors (Lipinski definition) is 8. The summed E-state index contributed by atoms with van der Waals surface area (Å²) in [5.74, 6) is 0.665. The van der Waals surface area contributed by atoms with Crippen molar-refractivity contribution in [3.05, 3.63) is 35.7 Å². The van der Waals surface area contributed by atoms with Gasteiger partial charge in [0.05, 0.1) is 25.3 Å². The van der Waals surface area contributed by atoms with Crippen molar-refractivity contribution in [2.45, 2.75) is 51.6 Å². The minimum absolute atomic E-state index is 0.0516. The van der Waals surface area contributed by atoms with E-state index in [1.165, 1.54) is 12.4 Å². The first-order valence-corrected chi connectivity index (χ1v) is 9.69. The SMILES string of the molecule is CC1(C)[C@H](O)C[C@@H]1Nc1nc(NCc2cccnc2OCCC(F)(F)F)ncc1C#N. The second-order valence-electron chi connectivity index (χ2n) is 7.87. The highest BCUT2D eigenvalue weighted by Gasteiger charge is 2.47. The van der Waals surface area contributed by atoms with Crippen LogP contribution in [0.25, 0.3) is 0 Å². The van der Waals surface area contributed by atoms with E-state index in [9.17, 15) is 23.5 Å². The lowest BCUT2D eigenvalue weighted by molar-refractivity contribution is -0.139. The molecule has 0 unspecified atom stereocenters. The normalized spacial score (nSPS) is 19.8. The van der Waals surface area contributed by atoms with Gasteiger partial charge in [-0.15, -0.1) is 0 Å². The fraction of sp³-hybridized carbons (Fsp3) is 0.500. The summed E-state index contributed by atoms with van der Waals surface area (Å²) in [6.45, 7) is 3.48. The minimum Gasteiger partial charge on any atom is -0.477 e. The molecular weight excluding hydrogens is 413 g/mol. The van der Waals surface area contributed by atoms with Crippen LogP contribution in [0.5, 0.6) is 5.88 Å². The highest BCUT2D eigenvalue weighted by Crippen LogP contribution is 2.42. The molecule has 31 heavy (non-hydrogen) atoms. The zero-order chi connectivity index (χ0) is 22.6. The smallest absolute Gasteiger partial charge is 0.392 e. The number of alkyl halides is 3. The number of hydrogen-bond donors (Lipinski definition) is 3. The predicted molar refractivity (Wildman–Crippen MR) is 106 cm³/mol. The molecule has 11 heteroatoms. The van der Waals surface area contributed by atoms with E-state index in [0.29, 0.717) is 17.8 Å². The van der Waals surface area contributed by atoms with Crippen LogP contribution in [-0.2, 0) is 6.54 Å². The van der Waals surface area contributed by atoms with Crippen molar-refractivity contribution < 1.29 is 23.0 Å². The molecule has 0 amide bonds. The number of aliphatic hydroxyl groups is 1. The second-order valence-corrected chi connectivity index (χ2v) is 7.87. The summed E-state index contributed by atoms with van der Waals surface area (Å²) in [5, 5.41) is 25.4. The zero-order valence-electron chi connectivity index (χ0n) is 17.1. The molecule has 0 aromatic carbocycles. The molecule has 0 aliphatic heterocycles. The summed E-state index contributed by atoms with van der Waals surface area (Å²) < 4.78 is 42.2. The Hall–Kier alpha value is -3.13. The van der Waals surface area contributed by atoms with Gasteiger partial charge in [-0.25, -0.2) is 9.97 Å². The first kappa shape index (κ1) is 22.6. The average molecular weight is 436 g/mol. The van der Waals surface area contributed by atoms with Crippen LogP contribution in [0.15, 0.2) is 24.5 Å². The molecule has 0 bridgehead atoms. The Labute approximate surface area is 177 Å². The van der Waals surface area contributed by atoms with E-state index >= 15 is 0 Å². The van der Waals surface area contributed by atoms with Crippen molar-refractivity contribution >= 4 is 11.8 Å². The van der Waals surface area contributed by atoms with Gasteiger partial charge in [0.2, 0.25) is 11.8 Å². The van der Waals surface area contributed by atoms with Gasteiger partial charge in [0, 0.05) is 29.8 Å². The van der Waals surface area contributed by atoms with E-state index in [0.717, 1.165) is 0 Å².